The van der Waals surface area contributed by atoms with Gasteiger partial charge in [0.1, 0.15) is 5.60 Å². The van der Waals surface area contributed by atoms with E-state index >= 15 is 0 Å². The third-order valence-electron chi connectivity index (χ3n) is 5.90. The molecule has 31 heavy (non-hydrogen) atoms. The fourth-order valence-electron chi connectivity index (χ4n) is 3.99. The SMILES string of the molecule is CN(CC1CN(c2nc(C(F)(F)F)cs2)C[C@H]1C(=O)OC(C)(C)C)C(=O)[C@H]1CC1(C)C. The van der Waals surface area contributed by atoms with Crippen LogP contribution in [0.2, 0.25) is 0 Å². The van der Waals surface area contributed by atoms with Gasteiger partial charge in [0.25, 0.3) is 0 Å². The first-order valence-corrected chi connectivity index (χ1v) is 11.2. The van der Waals surface area contributed by atoms with Crippen LogP contribution in [-0.4, -0.2) is 54.0 Å². The number of thiazole rings is 1. The molecule has 174 valence electrons. The van der Waals surface area contributed by atoms with Crippen molar-refractivity contribution in [1.82, 2.24) is 9.88 Å². The number of anilines is 1. The Kier molecular flexibility index (Phi) is 6.10. The number of aromatic nitrogens is 1. The van der Waals surface area contributed by atoms with Crippen LogP contribution in [0.15, 0.2) is 5.38 Å². The zero-order valence-corrected chi connectivity index (χ0v) is 19.6. The van der Waals surface area contributed by atoms with Crippen molar-refractivity contribution in [2.45, 2.75) is 52.8 Å². The summed E-state index contributed by atoms with van der Waals surface area (Å²) in [6, 6.07) is 0. The molecule has 3 atom stereocenters. The highest BCUT2D eigenvalue weighted by Gasteiger charge is 2.52. The molecule has 1 aliphatic heterocycles. The lowest BCUT2D eigenvalue weighted by atomic mass is 9.95. The van der Waals surface area contributed by atoms with E-state index in [1.807, 2.05) is 13.8 Å². The van der Waals surface area contributed by atoms with E-state index in [9.17, 15) is 22.8 Å². The maximum Gasteiger partial charge on any atom is 0.434 e. The zero-order valence-electron chi connectivity index (χ0n) is 18.7. The van der Waals surface area contributed by atoms with Crippen LogP contribution >= 0.6 is 11.3 Å². The van der Waals surface area contributed by atoms with Crippen molar-refractivity contribution < 1.29 is 27.5 Å². The summed E-state index contributed by atoms with van der Waals surface area (Å²) in [5, 5.41) is 1.20. The van der Waals surface area contributed by atoms with Crippen LogP contribution in [0.5, 0.6) is 0 Å². The van der Waals surface area contributed by atoms with E-state index in [2.05, 4.69) is 4.98 Å². The summed E-state index contributed by atoms with van der Waals surface area (Å²) in [6.07, 6.45) is -3.68. The first-order valence-electron chi connectivity index (χ1n) is 10.3. The van der Waals surface area contributed by atoms with Crippen LogP contribution in [0.1, 0.15) is 46.7 Å². The number of carbonyl (C=O) groups is 2. The highest BCUT2D eigenvalue weighted by Crippen LogP contribution is 2.52. The Labute approximate surface area is 184 Å². The average molecular weight is 462 g/mol. The van der Waals surface area contributed by atoms with Crippen molar-refractivity contribution in [2.75, 3.05) is 31.6 Å². The van der Waals surface area contributed by atoms with Gasteiger partial charge in [-0.05, 0) is 32.6 Å². The molecule has 1 aromatic heterocycles. The van der Waals surface area contributed by atoms with Gasteiger partial charge in [-0.15, -0.1) is 11.3 Å². The summed E-state index contributed by atoms with van der Waals surface area (Å²) in [6.45, 7) is 10.3. The van der Waals surface area contributed by atoms with E-state index in [1.165, 1.54) is 0 Å². The lowest BCUT2D eigenvalue weighted by molar-refractivity contribution is -0.161. The fraction of sp³-hybridized carbons (Fsp3) is 0.762. The molecule has 2 fully saturated rings. The smallest absolute Gasteiger partial charge is 0.434 e. The lowest BCUT2D eigenvalue weighted by Gasteiger charge is -2.27. The quantitative estimate of drug-likeness (QED) is 0.619. The molecule has 1 saturated carbocycles. The Hall–Kier alpha value is -1.84. The van der Waals surface area contributed by atoms with Crippen LogP contribution in [0.4, 0.5) is 18.3 Å². The number of esters is 1. The molecule has 0 bridgehead atoms. The Morgan fingerprint density at radius 3 is 2.39 bits per heavy atom. The van der Waals surface area contributed by atoms with E-state index in [0.29, 0.717) is 13.1 Å². The summed E-state index contributed by atoms with van der Waals surface area (Å²) in [5.74, 6) is -1.20. The van der Waals surface area contributed by atoms with Gasteiger partial charge in [-0.3, -0.25) is 9.59 Å². The molecule has 3 rings (SSSR count). The highest BCUT2D eigenvalue weighted by atomic mass is 32.1. The summed E-state index contributed by atoms with van der Waals surface area (Å²) >= 11 is 0.905. The van der Waals surface area contributed by atoms with E-state index in [1.54, 1.807) is 37.6 Å². The Bertz CT molecular complexity index is 847. The topological polar surface area (TPSA) is 62.7 Å². The second-order valence-corrected chi connectivity index (χ2v) is 11.1. The van der Waals surface area contributed by atoms with Gasteiger partial charge in [0.15, 0.2) is 10.8 Å². The molecule has 10 heteroatoms. The van der Waals surface area contributed by atoms with E-state index < -0.39 is 29.4 Å². The van der Waals surface area contributed by atoms with Crippen LogP contribution in [0, 0.1) is 23.2 Å². The number of halogens is 3. The molecule has 1 aromatic rings. The van der Waals surface area contributed by atoms with Gasteiger partial charge >= 0.3 is 12.1 Å². The number of alkyl halides is 3. The Balaban J connectivity index is 1.76. The highest BCUT2D eigenvalue weighted by molar-refractivity contribution is 7.13. The fourth-order valence-corrected chi connectivity index (χ4v) is 4.85. The van der Waals surface area contributed by atoms with Crippen molar-refractivity contribution in [1.29, 1.82) is 0 Å². The summed E-state index contributed by atoms with van der Waals surface area (Å²) in [5.41, 5.74) is -1.63. The molecular formula is C21H30F3N3O3S. The number of carbonyl (C=O) groups excluding carboxylic acids is 2. The van der Waals surface area contributed by atoms with Crippen LogP contribution in [0.25, 0.3) is 0 Å². The van der Waals surface area contributed by atoms with Gasteiger partial charge in [-0.1, -0.05) is 13.8 Å². The van der Waals surface area contributed by atoms with Crippen molar-refractivity contribution in [3.8, 4) is 0 Å². The maximum atomic E-state index is 13.0. The molecule has 0 radical (unpaired) electrons. The van der Waals surface area contributed by atoms with Gasteiger partial charge in [-0.2, -0.15) is 13.2 Å². The molecule has 2 aliphatic rings. The minimum atomic E-state index is -4.51. The van der Waals surface area contributed by atoms with E-state index in [4.69, 9.17) is 4.74 Å². The van der Waals surface area contributed by atoms with Crippen LogP contribution in [0.3, 0.4) is 0 Å². The molecule has 1 unspecified atom stereocenters. The first kappa shape index (κ1) is 23.8. The van der Waals surface area contributed by atoms with Crippen molar-refractivity contribution >= 4 is 28.3 Å². The van der Waals surface area contributed by atoms with Gasteiger partial charge in [0.2, 0.25) is 5.91 Å². The minimum absolute atomic E-state index is 0.00743. The zero-order chi connectivity index (χ0) is 23.4. The predicted molar refractivity (Wildman–Crippen MR) is 112 cm³/mol. The maximum absolute atomic E-state index is 13.0. The first-order chi connectivity index (χ1) is 14.1. The third-order valence-corrected chi connectivity index (χ3v) is 6.80. The largest absolute Gasteiger partial charge is 0.460 e. The van der Waals surface area contributed by atoms with Gasteiger partial charge in [-0.25, -0.2) is 4.98 Å². The number of hydrogen-bond acceptors (Lipinski definition) is 6. The minimum Gasteiger partial charge on any atom is -0.460 e. The van der Waals surface area contributed by atoms with Crippen molar-refractivity contribution in [3.05, 3.63) is 11.1 Å². The Morgan fingerprint density at radius 2 is 1.90 bits per heavy atom. The van der Waals surface area contributed by atoms with Gasteiger partial charge in [0, 0.05) is 43.9 Å². The van der Waals surface area contributed by atoms with E-state index in [0.717, 1.165) is 23.1 Å². The summed E-state index contributed by atoms with van der Waals surface area (Å²) < 4.78 is 44.5. The van der Waals surface area contributed by atoms with Gasteiger partial charge < -0.3 is 14.5 Å². The summed E-state index contributed by atoms with van der Waals surface area (Å²) in [4.78, 5) is 32.7. The van der Waals surface area contributed by atoms with Crippen LogP contribution < -0.4 is 4.90 Å². The molecule has 1 amide bonds. The molecule has 0 aromatic carbocycles. The second kappa shape index (κ2) is 7.94. The Morgan fingerprint density at radius 1 is 1.29 bits per heavy atom. The number of ether oxygens (including phenoxy) is 1. The standard InChI is InChI=1S/C21H30F3N3O3S/c1-19(2,3)30-17(29)13-10-27(18-25-15(11-31-18)21(22,23)24)9-12(13)8-26(6)16(28)14-7-20(14,4)5/h11-14H,7-10H2,1-6H3/t12?,13-,14-/m1/s1. The molecule has 1 saturated heterocycles. The third kappa shape index (κ3) is 5.51. The lowest BCUT2D eigenvalue weighted by Crippen LogP contribution is -2.39. The number of rotatable bonds is 5. The van der Waals surface area contributed by atoms with Crippen molar-refractivity contribution in [3.63, 3.8) is 0 Å². The molecular weight excluding hydrogens is 431 g/mol. The molecule has 0 spiro atoms. The number of amides is 1. The van der Waals surface area contributed by atoms with Gasteiger partial charge in [0.05, 0.1) is 5.92 Å². The van der Waals surface area contributed by atoms with E-state index in [-0.39, 0.29) is 34.8 Å². The normalized spacial score (nSPS) is 25.5. The number of nitrogens with zero attached hydrogens (tertiary/aromatic N) is 3. The molecule has 0 N–H and O–H groups in total. The van der Waals surface area contributed by atoms with Crippen LogP contribution in [-0.2, 0) is 20.5 Å². The second-order valence-electron chi connectivity index (χ2n) is 10.3. The average Bonchev–Trinajstić information content (AvgIpc) is 3.01. The molecule has 6 nitrogen and oxygen atoms in total. The number of hydrogen-bond donors (Lipinski definition) is 0. The summed E-state index contributed by atoms with van der Waals surface area (Å²) in [7, 11) is 1.72. The van der Waals surface area contributed by atoms with Crippen molar-refractivity contribution in [2.24, 2.45) is 23.2 Å². The monoisotopic (exact) mass is 461 g/mol. The predicted octanol–water partition coefficient (Wildman–Crippen LogP) is 4.06. The molecule has 1 aliphatic carbocycles. The molecule has 2 heterocycles.